The van der Waals surface area contributed by atoms with Gasteiger partial charge in [-0.15, -0.1) is 0 Å². The molecule has 3 aromatic heterocycles. The average Bonchev–Trinajstić information content (AvgIpc) is 3.57. The Balaban J connectivity index is 1.64. The number of hydrogen-bond acceptors (Lipinski definition) is 8. The molecule has 6 rings (SSSR count). The Bertz CT molecular complexity index is 2070. The van der Waals surface area contributed by atoms with E-state index < -0.39 is 26.6 Å². The number of para-hydroxylation sites is 2. The number of carbonyl (C=O) groups is 1. The fourth-order valence-electron chi connectivity index (χ4n) is 4.52. The quantitative estimate of drug-likeness (QED) is 0.195. The Morgan fingerprint density at radius 2 is 1.59 bits per heavy atom. The summed E-state index contributed by atoms with van der Waals surface area (Å²) in [6.45, 7) is 1.98. The third-order valence-electron chi connectivity index (χ3n) is 6.52. The van der Waals surface area contributed by atoms with Gasteiger partial charge >= 0.3 is 5.88 Å². The summed E-state index contributed by atoms with van der Waals surface area (Å²) < 4.78 is 35.2. The van der Waals surface area contributed by atoms with Crippen LogP contribution in [0.5, 0.6) is 0 Å². The second-order valence-corrected chi connectivity index (χ2v) is 11.2. The molecule has 0 spiro atoms. The highest BCUT2D eigenvalue weighted by Gasteiger charge is 2.33. The van der Waals surface area contributed by atoms with E-state index in [1.165, 1.54) is 12.1 Å². The van der Waals surface area contributed by atoms with Crippen molar-refractivity contribution >= 4 is 49.6 Å². The SMILES string of the molecule is Cc1ccc(S(=O)(=O)c2c(NC(=O)c3ccc([N+](=O)[O-])o3)n(Cc3ccccc3)c3nc4ccccc4nc23)cc1. The summed E-state index contributed by atoms with van der Waals surface area (Å²) >= 11 is 0. The standard InChI is InChI=1S/C29H21N5O6S/c1-18-11-13-20(14-12-18)41(38,39)26-25-27(31-22-10-6-5-9-21(22)30-25)33(17-19-7-3-2-4-8-19)28(26)32-29(35)23-15-16-24(40-23)34(36)37/h2-16H,17H2,1H3,(H,32,35). The lowest BCUT2D eigenvalue weighted by molar-refractivity contribution is -0.402. The van der Waals surface area contributed by atoms with Crippen LogP contribution in [0, 0.1) is 17.0 Å². The van der Waals surface area contributed by atoms with Crippen molar-refractivity contribution in [2.45, 2.75) is 23.3 Å². The van der Waals surface area contributed by atoms with Crippen LogP contribution in [-0.2, 0) is 16.4 Å². The molecule has 3 heterocycles. The number of nitro groups is 1. The Kier molecular flexibility index (Phi) is 6.31. The maximum atomic E-state index is 14.2. The molecule has 0 bridgehead atoms. The molecule has 0 saturated carbocycles. The van der Waals surface area contributed by atoms with E-state index in [-0.39, 0.29) is 39.1 Å². The third kappa shape index (κ3) is 4.70. The molecule has 6 aromatic rings. The summed E-state index contributed by atoms with van der Waals surface area (Å²) in [5.74, 6) is -1.95. The summed E-state index contributed by atoms with van der Waals surface area (Å²) in [6, 6.07) is 24.8. The Morgan fingerprint density at radius 3 is 2.24 bits per heavy atom. The van der Waals surface area contributed by atoms with Gasteiger partial charge in [0.15, 0.2) is 11.4 Å². The predicted molar refractivity (Wildman–Crippen MR) is 151 cm³/mol. The summed E-state index contributed by atoms with van der Waals surface area (Å²) in [5.41, 5.74) is 2.99. The average molecular weight is 568 g/mol. The first-order chi connectivity index (χ1) is 19.7. The fourth-order valence-corrected chi connectivity index (χ4v) is 6.06. The molecule has 11 nitrogen and oxygen atoms in total. The van der Waals surface area contributed by atoms with Crippen molar-refractivity contribution in [1.29, 1.82) is 0 Å². The van der Waals surface area contributed by atoms with Crippen LogP contribution in [0.4, 0.5) is 11.7 Å². The lowest BCUT2D eigenvalue weighted by Crippen LogP contribution is -2.17. The number of nitrogens with zero attached hydrogens (tertiary/aromatic N) is 4. The first-order valence-electron chi connectivity index (χ1n) is 12.4. The van der Waals surface area contributed by atoms with Crippen LogP contribution in [0.1, 0.15) is 21.7 Å². The molecule has 3 aromatic carbocycles. The normalized spacial score (nSPS) is 11.6. The molecule has 0 aliphatic heterocycles. The van der Waals surface area contributed by atoms with Gasteiger partial charge in [-0.3, -0.25) is 14.9 Å². The summed E-state index contributed by atoms with van der Waals surface area (Å²) in [4.78, 5) is 32.9. The zero-order valence-corrected chi connectivity index (χ0v) is 22.3. The maximum Gasteiger partial charge on any atom is 0.433 e. The number of amides is 1. The monoisotopic (exact) mass is 567 g/mol. The molecule has 0 saturated heterocycles. The van der Waals surface area contributed by atoms with Crippen molar-refractivity contribution in [2.24, 2.45) is 0 Å². The van der Waals surface area contributed by atoms with Crippen molar-refractivity contribution in [3.8, 4) is 0 Å². The number of aryl methyl sites for hydroxylation is 1. The minimum absolute atomic E-state index is 0.000884. The van der Waals surface area contributed by atoms with E-state index in [0.29, 0.717) is 11.0 Å². The Hall–Kier alpha value is -5.36. The smallest absolute Gasteiger partial charge is 0.395 e. The van der Waals surface area contributed by atoms with Crippen LogP contribution in [0.15, 0.2) is 105 Å². The predicted octanol–water partition coefficient (Wildman–Crippen LogP) is 5.53. The van der Waals surface area contributed by atoms with Gasteiger partial charge in [0, 0.05) is 0 Å². The number of sulfone groups is 1. The van der Waals surface area contributed by atoms with Crippen molar-refractivity contribution in [2.75, 3.05) is 5.32 Å². The van der Waals surface area contributed by atoms with Gasteiger partial charge in [-0.1, -0.05) is 60.2 Å². The van der Waals surface area contributed by atoms with Crippen LogP contribution < -0.4 is 5.32 Å². The van der Waals surface area contributed by atoms with Crippen molar-refractivity contribution in [3.63, 3.8) is 0 Å². The number of aromatic nitrogens is 3. The van der Waals surface area contributed by atoms with E-state index in [4.69, 9.17) is 14.4 Å². The van der Waals surface area contributed by atoms with Crippen molar-refractivity contribution in [1.82, 2.24) is 14.5 Å². The van der Waals surface area contributed by atoms with Gasteiger partial charge in [-0.05, 0) is 42.8 Å². The summed E-state index contributed by atoms with van der Waals surface area (Å²) in [7, 11) is -4.27. The lowest BCUT2D eigenvalue weighted by atomic mass is 10.2. The number of furan rings is 1. The van der Waals surface area contributed by atoms with E-state index in [9.17, 15) is 23.3 Å². The molecule has 41 heavy (non-hydrogen) atoms. The van der Waals surface area contributed by atoms with Gasteiger partial charge in [-0.2, -0.15) is 0 Å². The molecular weight excluding hydrogens is 546 g/mol. The summed E-state index contributed by atoms with van der Waals surface area (Å²) in [6.07, 6.45) is 0. The van der Waals surface area contributed by atoms with Crippen LogP contribution in [0.25, 0.3) is 22.2 Å². The zero-order chi connectivity index (χ0) is 28.7. The third-order valence-corrected chi connectivity index (χ3v) is 8.34. The van der Waals surface area contributed by atoms with Gasteiger partial charge in [-0.25, -0.2) is 18.4 Å². The second-order valence-electron chi connectivity index (χ2n) is 9.30. The molecule has 1 N–H and O–H groups in total. The largest absolute Gasteiger partial charge is 0.433 e. The van der Waals surface area contributed by atoms with Gasteiger partial charge in [0.05, 0.1) is 28.5 Å². The first kappa shape index (κ1) is 25.9. The van der Waals surface area contributed by atoms with Gasteiger partial charge in [0.2, 0.25) is 9.84 Å². The molecule has 0 fully saturated rings. The van der Waals surface area contributed by atoms with E-state index in [2.05, 4.69) is 5.32 Å². The molecule has 204 valence electrons. The van der Waals surface area contributed by atoms with Crippen molar-refractivity contribution < 1.29 is 22.6 Å². The highest BCUT2D eigenvalue weighted by molar-refractivity contribution is 7.92. The van der Waals surface area contributed by atoms with Crippen LogP contribution >= 0.6 is 0 Å². The molecule has 0 aliphatic carbocycles. The Morgan fingerprint density at radius 1 is 0.927 bits per heavy atom. The number of fused-ring (bicyclic) bond motifs is 2. The maximum absolute atomic E-state index is 14.2. The van der Waals surface area contributed by atoms with Gasteiger partial charge < -0.3 is 14.3 Å². The zero-order valence-electron chi connectivity index (χ0n) is 21.5. The molecule has 1 amide bonds. The number of carbonyl (C=O) groups excluding carboxylic acids is 1. The first-order valence-corrected chi connectivity index (χ1v) is 13.9. The van der Waals surface area contributed by atoms with Crippen LogP contribution in [0.2, 0.25) is 0 Å². The number of hydrogen-bond donors (Lipinski definition) is 1. The van der Waals surface area contributed by atoms with E-state index in [1.807, 2.05) is 37.3 Å². The van der Waals surface area contributed by atoms with E-state index in [0.717, 1.165) is 23.3 Å². The molecule has 0 atom stereocenters. The Labute approximate surface area is 233 Å². The lowest BCUT2D eigenvalue weighted by Gasteiger charge is -2.13. The highest BCUT2D eigenvalue weighted by atomic mass is 32.2. The van der Waals surface area contributed by atoms with E-state index >= 15 is 0 Å². The molecular formula is C29H21N5O6S. The van der Waals surface area contributed by atoms with Crippen LogP contribution in [0.3, 0.4) is 0 Å². The van der Waals surface area contributed by atoms with Crippen LogP contribution in [-0.4, -0.2) is 33.8 Å². The number of benzene rings is 3. The molecule has 0 radical (unpaired) electrons. The number of rotatable bonds is 7. The molecule has 0 aliphatic rings. The van der Waals surface area contributed by atoms with E-state index in [1.54, 1.807) is 41.0 Å². The number of anilines is 1. The number of nitrogens with one attached hydrogen (secondary N) is 1. The second kappa shape index (κ2) is 9.99. The van der Waals surface area contributed by atoms with Gasteiger partial charge in [0.1, 0.15) is 21.2 Å². The topological polar surface area (TPSA) is 150 Å². The summed E-state index contributed by atoms with van der Waals surface area (Å²) in [5, 5.41) is 13.8. The molecule has 12 heteroatoms. The van der Waals surface area contributed by atoms with Gasteiger partial charge in [0.25, 0.3) is 5.91 Å². The molecule has 0 unspecified atom stereocenters. The minimum Gasteiger partial charge on any atom is -0.395 e. The fraction of sp³-hybridized carbons (Fsp3) is 0.0690. The van der Waals surface area contributed by atoms with Crippen molar-refractivity contribution in [3.05, 3.63) is 118 Å². The minimum atomic E-state index is -4.27. The highest BCUT2D eigenvalue weighted by Crippen LogP contribution is 2.38.